The van der Waals surface area contributed by atoms with Gasteiger partial charge in [-0.15, -0.1) is 0 Å². The van der Waals surface area contributed by atoms with Gasteiger partial charge in [0, 0.05) is 40.5 Å². The number of imidazole rings is 1. The first-order valence-electron chi connectivity index (χ1n) is 19.2. The zero-order valence-electron chi connectivity index (χ0n) is 32.8. The lowest BCUT2D eigenvalue weighted by Crippen LogP contribution is -2.11. The molecule has 0 saturated heterocycles. The normalized spacial score (nSPS) is 11.9. The fourth-order valence-corrected chi connectivity index (χ4v) is 7.65. The van der Waals surface area contributed by atoms with Gasteiger partial charge >= 0.3 is 0 Å². The Morgan fingerprint density at radius 2 is 1.36 bits per heavy atom. The molecule has 2 aromatic heterocycles. The van der Waals surface area contributed by atoms with Crippen LogP contribution in [0.1, 0.15) is 77.0 Å². The summed E-state index contributed by atoms with van der Waals surface area (Å²) in [4.78, 5) is 5.05. The molecule has 0 aliphatic rings. The highest BCUT2D eigenvalue weighted by Gasteiger charge is 2.23. The molecule has 0 saturated carbocycles. The van der Waals surface area contributed by atoms with Crippen LogP contribution in [-0.2, 0) is 5.41 Å². The number of nitrogens with two attached hydrogens (primary N) is 1. The number of ether oxygens (including phenoxy) is 1. The molecule has 0 spiro atoms. The van der Waals surface area contributed by atoms with E-state index in [1.807, 2.05) is 48.7 Å². The predicted molar refractivity (Wildman–Crippen MR) is 231 cm³/mol. The molecular weight excluding hydrogens is 675 g/mol. The SMILES string of the molecule is CC(C)c1cccc(C(C)C)c1-n1ccnc1-n1c2ccccc2c2ccc(Oc3cc(-c4cccc(N)c4Nc4ccccc4)cc(C(C)(C)C)c3)cc21. The van der Waals surface area contributed by atoms with Crippen molar-refractivity contribution in [2.45, 2.75) is 65.7 Å². The second kappa shape index (κ2) is 14.2. The van der Waals surface area contributed by atoms with E-state index >= 15 is 0 Å². The average molecular weight is 724 g/mol. The number of nitrogen functional groups attached to an aromatic ring is 1. The Morgan fingerprint density at radius 1 is 0.673 bits per heavy atom. The highest BCUT2D eigenvalue weighted by molar-refractivity contribution is 6.09. The van der Waals surface area contributed by atoms with Crippen LogP contribution in [0.25, 0.3) is 44.6 Å². The van der Waals surface area contributed by atoms with E-state index in [0.717, 1.165) is 67.3 Å². The molecule has 0 bridgehead atoms. The van der Waals surface area contributed by atoms with Crippen molar-refractivity contribution in [1.82, 2.24) is 14.1 Å². The monoisotopic (exact) mass is 723 g/mol. The van der Waals surface area contributed by atoms with Crippen molar-refractivity contribution in [2.75, 3.05) is 11.1 Å². The number of nitrogens with zero attached hydrogens (tertiary/aromatic N) is 3. The number of hydrogen-bond acceptors (Lipinski definition) is 4. The first-order chi connectivity index (χ1) is 26.5. The van der Waals surface area contributed by atoms with E-state index in [4.69, 9.17) is 15.5 Å². The van der Waals surface area contributed by atoms with E-state index in [2.05, 4.69) is 154 Å². The van der Waals surface area contributed by atoms with Gasteiger partial charge in [0.15, 0.2) is 0 Å². The fourth-order valence-electron chi connectivity index (χ4n) is 7.65. The first kappa shape index (κ1) is 35.7. The van der Waals surface area contributed by atoms with E-state index in [1.54, 1.807) is 0 Å². The molecule has 0 atom stereocenters. The summed E-state index contributed by atoms with van der Waals surface area (Å²) in [6.45, 7) is 15.7. The molecular formula is C49H49N5O. The van der Waals surface area contributed by atoms with Crippen LogP contribution in [0.15, 0.2) is 140 Å². The Kier molecular flexibility index (Phi) is 9.22. The molecule has 6 aromatic carbocycles. The number of nitrogens with one attached hydrogen (secondary N) is 1. The van der Waals surface area contributed by atoms with Crippen LogP contribution >= 0.6 is 0 Å². The van der Waals surface area contributed by atoms with E-state index in [0.29, 0.717) is 17.5 Å². The first-order valence-corrected chi connectivity index (χ1v) is 19.2. The largest absolute Gasteiger partial charge is 0.457 e. The van der Waals surface area contributed by atoms with Crippen molar-refractivity contribution in [2.24, 2.45) is 0 Å². The summed E-state index contributed by atoms with van der Waals surface area (Å²) in [6.07, 6.45) is 4.01. The maximum absolute atomic E-state index is 6.87. The molecule has 0 unspecified atom stereocenters. The van der Waals surface area contributed by atoms with E-state index in [1.165, 1.54) is 16.8 Å². The summed E-state index contributed by atoms with van der Waals surface area (Å²) >= 11 is 0. The lowest BCUT2D eigenvalue weighted by atomic mass is 9.85. The molecule has 0 amide bonds. The average Bonchev–Trinajstić information content (AvgIpc) is 3.77. The number of para-hydroxylation sites is 4. The molecule has 8 rings (SSSR count). The highest BCUT2D eigenvalue weighted by atomic mass is 16.5. The summed E-state index contributed by atoms with van der Waals surface area (Å²) in [7, 11) is 0. The number of rotatable bonds is 9. The van der Waals surface area contributed by atoms with Crippen LogP contribution in [0, 0.1) is 0 Å². The van der Waals surface area contributed by atoms with Crippen LogP contribution in [0.2, 0.25) is 0 Å². The van der Waals surface area contributed by atoms with Gasteiger partial charge < -0.3 is 15.8 Å². The number of benzene rings is 6. The Labute approximate surface area is 324 Å². The Balaban J connectivity index is 1.27. The molecule has 276 valence electrons. The maximum atomic E-state index is 6.87. The number of hydrogen-bond donors (Lipinski definition) is 2. The summed E-state index contributed by atoms with van der Waals surface area (Å²) in [6, 6.07) is 44.4. The van der Waals surface area contributed by atoms with Crippen LogP contribution in [-0.4, -0.2) is 14.1 Å². The summed E-state index contributed by atoms with van der Waals surface area (Å²) in [5.74, 6) is 3.02. The molecule has 2 heterocycles. The number of fused-ring (bicyclic) bond motifs is 3. The van der Waals surface area contributed by atoms with Crippen LogP contribution in [0.5, 0.6) is 11.5 Å². The minimum atomic E-state index is -0.129. The molecule has 3 N–H and O–H groups in total. The van der Waals surface area contributed by atoms with Crippen molar-refractivity contribution in [3.8, 4) is 34.3 Å². The molecule has 8 aromatic rings. The van der Waals surface area contributed by atoms with Gasteiger partial charge in [-0.25, -0.2) is 4.98 Å². The van der Waals surface area contributed by atoms with Crippen LogP contribution < -0.4 is 15.8 Å². The van der Waals surface area contributed by atoms with Gasteiger partial charge in [-0.3, -0.25) is 9.13 Å². The van der Waals surface area contributed by atoms with Crippen molar-refractivity contribution in [3.63, 3.8) is 0 Å². The van der Waals surface area contributed by atoms with Crippen LogP contribution in [0.3, 0.4) is 0 Å². The van der Waals surface area contributed by atoms with Crippen molar-refractivity contribution in [3.05, 3.63) is 156 Å². The molecule has 0 aliphatic carbocycles. The van der Waals surface area contributed by atoms with Gasteiger partial charge in [0.1, 0.15) is 11.5 Å². The molecule has 55 heavy (non-hydrogen) atoms. The third kappa shape index (κ3) is 6.74. The minimum absolute atomic E-state index is 0.129. The third-order valence-corrected chi connectivity index (χ3v) is 10.5. The smallest absolute Gasteiger partial charge is 0.219 e. The zero-order chi connectivity index (χ0) is 38.4. The van der Waals surface area contributed by atoms with Crippen molar-refractivity contribution >= 4 is 38.9 Å². The van der Waals surface area contributed by atoms with Crippen molar-refractivity contribution < 1.29 is 4.74 Å². The van der Waals surface area contributed by atoms with Gasteiger partial charge in [0.2, 0.25) is 5.95 Å². The molecule has 6 nitrogen and oxygen atoms in total. The lowest BCUT2D eigenvalue weighted by Gasteiger charge is -2.23. The van der Waals surface area contributed by atoms with E-state index < -0.39 is 0 Å². The second-order valence-corrected chi connectivity index (χ2v) is 16.1. The predicted octanol–water partition coefficient (Wildman–Crippen LogP) is 13.3. The third-order valence-electron chi connectivity index (χ3n) is 10.5. The maximum Gasteiger partial charge on any atom is 0.219 e. The molecule has 0 aliphatic heterocycles. The van der Waals surface area contributed by atoms with E-state index in [9.17, 15) is 0 Å². The van der Waals surface area contributed by atoms with Gasteiger partial charge in [-0.2, -0.15) is 0 Å². The number of anilines is 3. The van der Waals surface area contributed by atoms with Gasteiger partial charge in [0.05, 0.1) is 28.1 Å². The summed E-state index contributed by atoms with van der Waals surface area (Å²) in [5.41, 5.74) is 18.1. The zero-order valence-corrected chi connectivity index (χ0v) is 32.8. The van der Waals surface area contributed by atoms with Gasteiger partial charge in [-0.1, -0.05) is 121 Å². The Morgan fingerprint density at radius 3 is 2.09 bits per heavy atom. The van der Waals surface area contributed by atoms with Crippen molar-refractivity contribution in [1.29, 1.82) is 0 Å². The standard InChI is InChI=1S/C49H49N5O/c1-31(2)38-18-13-19-39(32(3)4)47(38)53-26-25-51-48(53)54-44-22-12-11-17-41(44)42-24-23-36(30-45(42)54)55-37-28-33(27-34(29-37)49(5,6)7)40-20-14-21-43(50)46(40)52-35-15-9-8-10-16-35/h8-32,52H,50H2,1-7H3. The van der Waals surface area contributed by atoms with E-state index in [-0.39, 0.29) is 5.41 Å². The summed E-state index contributed by atoms with van der Waals surface area (Å²) in [5, 5.41) is 5.88. The lowest BCUT2D eigenvalue weighted by molar-refractivity contribution is 0.479. The van der Waals surface area contributed by atoms with Gasteiger partial charge in [-0.05, 0) is 88.0 Å². The second-order valence-electron chi connectivity index (χ2n) is 16.1. The van der Waals surface area contributed by atoms with Crippen LogP contribution in [0.4, 0.5) is 17.1 Å². The quantitative estimate of drug-likeness (QED) is 0.145. The minimum Gasteiger partial charge on any atom is -0.457 e. The molecule has 6 heteroatoms. The Hall–Kier alpha value is -6.27. The summed E-state index contributed by atoms with van der Waals surface area (Å²) < 4.78 is 11.4. The van der Waals surface area contributed by atoms with Gasteiger partial charge in [0.25, 0.3) is 0 Å². The molecule has 0 radical (unpaired) electrons. The Bertz CT molecular complexity index is 2630. The topological polar surface area (TPSA) is 70.0 Å². The molecule has 0 fully saturated rings. The fraction of sp³-hybridized carbons (Fsp3) is 0.204. The highest BCUT2D eigenvalue weighted by Crippen LogP contribution is 2.42. The number of aromatic nitrogens is 3.